The Morgan fingerprint density at radius 3 is 2.62 bits per heavy atom. The first-order valence-electron chi connectivity index (χ1n) is 8.56. The summed E-state index contributed by atoms with van der Waals surface area (Å²) in [7, 11) is 0. The summed E-state index contributed by atoms with van der Waals surface area (Å²) in [6, 6.07) is 1.45. The fourth-order valence-electron chi connectivity index (χ4n) is 3.30. The number of thiazole rings is 1. The molecule has 1 aliphatic heterocycles. The molecule has 1 saturated heterocycles. The van der Waals surface area contributed by atoms with Crippen LogP contribution in [-0.2, 0) is 6.54 Å². The minimum Gasteiger partial charge on any atom is -0.345 e. The first kappa shape index (κ1) is 15.3. The van der Waals surface area contributed by atoms with Crippen LogP contribution in [0.4, 0.5) is 5.13 Å². The third kappa shape index (κ3) is 3.42. The van der Waals surface area contributed by atoms with Crippen LogP contribution < -0.4 is 10.2 Å². The SMILES string of the molecule is CC(C)c1nc(N2CCCC2C(C)C)sc1CNC1CC1. The number of nitrogens with zero attached hydrogens (tertiary/aromatic N) is 2. The molecule has 1 aromatic rings. The van der Waals surface area contributed by atoms with Crippen molar-refractivity contribution in [2.24, 2.45) is 5.92 Å². The van der Waals surface area contributed by atoms with E-state index in [4.69, 9.17) is 4.98 Å². The molecule has 21 heavy (non-hydrogen) atoms. The predicted octanol–water partition coefficient (Wildman–Crippen LogP) is 4.14. The average Bonchev–Trinajstić information content (AvgIpc) is 2.98. The van der Waals surface area contributed by atoms with Gasteiger partial charge in [-0.1, -0.05) is 27.7 Å². The molecule has 1 aliphatic carbocycles. The second-order valence-corrected chi connectivity index (χ2v) is 8.32. The van der Waals surface area contributed by atoms with Crippen molar-refractivity contribution in [2.75, 3.05) is 11.4 Å². The van der Waals surface area contributed by atoms with Gasteiger partial charge in [-0.25, -0.2) is 4.98 Å². The van der Waals surface area contributed by atoms with E-state index in [0.717, 1.165) is 12.6 Å². The molecule has 2 aliphatic rings. The van der Waals surface area contributed by atoms with E-state index in [1.54, 1.807) is 0 Å². The number of rotatable bonds is 6. The normalized spacial score (nSPS) is 22.8. The van der Waals surface area contributed by atoms with Crippen LogP contribution in [0.3, 0.4) is 0 Å². The van der Waals surface area contributed by atoms with Crippen LogP contribution in [0, 0.1) is 5.92 Å². The van der Waals surface area contributed by atoms with E-state index in [2.05, 4.69) is 37.9 Å². The maximum absolute atomic E-state index is 5.03. The van der Waals surface area contributed by atoms with Crippen LogP contribution in [0.5, 0.6) is 0 Å². The number of hydrogen-bond acceptors (Lipinski definition) is 4. The maximum atomic E-state index is 5.03. The Hall–Kier alpha value is -0.610. The molecule has 2 heterocycles. The first-order chi connectivity index (χ1) is 10.1. The van der Waals surface area contributed by atoms with Gasteiger partial charge in [-0.05, 0) is 37.5 Å². The number of hydrogen-bond donors (Lipinski definition) is 1. The van der Waals surface area contributed by atoms with Gasteiger partial charge in [0.15, 0.2) is 5.13 Å². The second-order valence-electron chi connectivity index (χ2n) is 7.26. The zero-order chi connectivity index (χ0) is 15.0. The van der Waals surface area contributed by atoms with E-state index in [1.165, 1.54) is 47.9 Å². The van der Waals surface area contributed by atoms with Gasteiger partial charge in [0, 0.05) is 30.1 Å². The molecule has 0 spiro atoms. The Balaban J connectivity index is 1.79. The highest BCUT2D eigenvalue weighted by Gasteiger charge is 2.30. The van der Waals surface area contributed by atoms with Crippen LogP contribution in [0.1, 0.15) is 69.9 Å². The van der Waals surface area contributed by atoms with Crippen molar-refractivity contribution in [3.63, 3.8) is 0 Å². The monoisotopic (exact) mass is 307 g/mol. The molecule has 3 nitrogen and oxygen atoms in total. The lowest BCUT2D eigenvalue weighted by Crippen LogP contribution is -2.33. The van der Waals surface area contributed by atoms with Crippen LogP contribution in [0.15, 0.2) is 0 Å². The quantitative estimate of drug-likeness (QED) is 0.856. The third-order valence-corrected chi connectivity index (χ3v) is 5.81. The number of anilines is 1. The molecule has 0 radical (unpaired) electrons. The van der Waals surface area contributed by atoms with E-state index < -0.39 is 0 Å². The molecule has 1 N–H and O–H groups in total. The van der Waals surface area contributed by atoms with Gasteiger partial charge in [0.1, 0.15) is 0 Å². The molecule has 0 aromatic carbocycles. The van der Waals surface area contributed by atoms with Gasteiger partial charge in [-0.3, -0.25) is 0 Å². The standard InChI is InChI=1S/C17H29N3S/c1-11(2)14-6-5-9-20(14)17-19-16(12(3)4)15(21-17)10-18-13-7-8-13/h11-14,18H,5-10H2,1-4H3. The van der Waals surface area contributed by atoms with Gasteiger partial charge in [-0.2, -0.15) is 0 Å². The first-order valence-corrected chi connectivity index (χ1v) is 9.37. The zero-order valence-corrected chi connectivity index (χ0v) is 14.7. The Kier molecular flexibility index (Phi) is 4.55. The fourth-order valence-corrected chi connectivity index (χ4v) is 4.55. The molecular formula is C17H29N3S. The summed E-state index contributed by atoms with van der Waals surface area (Å²) in [4.78, 5) is 9.06. The van der Waals surface area contributed by atoms with Crippen molar-refractivity contribution in [1.29, 1.82) is 0 Å². The number of aromatic nitrogens is 1. The molecular weight excluding hydrogens is 278 g/mol. The van der Waals surface area contributed by atoms with Gasteiger partial charge in [0.05, 0.1) is 5.69 Å². The van der Waals surface area contributed by atoms with Crippen LogP contribution in [0.2, 0.25) is 0 Å². The minimum absolute atomic E-state index is 0.520. The molecule has 2 fully saturated rings. The maximum Gasteiger partial charge on any atom is 0.186 e. The summed E-state index contributed by atoms with van der Waals surface area (Å²) in [6.45, 7) is 11.4. The Morgan fingerprint density at radius 1 is 1.24 bits per heavy atom. The summed E-state index contributed by atoms with van der Waals surface area (Å²) in [6.07, 6.45) is 5.34. The largest absolute Gasteiger partial charge is 0.345 e. The van der Waals surface area contributed by atoms with Crippen molar-refractivity contribution in [2.45, 2.75) is 77.9 Å². The van der Waals surface area contributed by atoms with E-state index in [0.29, 0.717) is 17.9 Å². The van der Waals surface area contributed by atoms with E-state index in [9.17, 15) is 0 Å². The molecule has 1 atom stereocenters. The smallest absolute Gasteiger partial charge is 0.186 e. The predicted molar refractivity (Wildman–Crippen MR) is 91.3 cm³/mol. The van der Waals surface area contributed by atoms with Crippen molar-refractivity contribution < 1.29 is 0 Å². The lowest BCUT2D eigenvalue weighted by molar-refractivity contribution is 0.491. The fraction of sp³-hybridized carbons (Fsp3) is 0.824. The Labute approximate surface area is 133 Å². The van der Waals surface area contributed by atoms with E-state index in [1.807, 2.05) is 11.3 Å². The molecule has 0 bridgehead atoms. The van der Waals surface area contributed by atoms with E-state index in [-0.39, 0.29) is 0 Å². The third-order valence-electron chi connectivity index (χ3n) is 4.71. The zero-order valence-electron chi connectivity index (χ0n) is 13.9. The van der Waals surface area contributed by atoms with Gasteiger partial charge in [0.2, 0.25) is 0 Å². The Morgan fingerprint density at radius 2 is 2.00 bits per heavy atom. The van der Waals surface area contributed by atoms with Crippen molar-refractivity contribution >= 4 is 16.5 Å². The summed E-state index contributed by atoms with van der Waals surface area (Å²) in [5.41, 5.74) is 1.32. The molecule has 1 aromatic heterocycles. The van der Waals surface area contributed by atoms with Crippen LogP contribution in [-0.4, -0.2) is 23.6 Å². The topological polar surface area (TPSA) is 28.2 Å². The highest BCUT2D eigenvalue weighted by Crippen LogP contribution is 2.36. The molecule has 118 valence electrons. The van der Waals surface area contributed by atoms with Crippen LogP contribution in [0.25, 0.3) is 0 Å². The summed E-state index contributed by atoms with van der Waals surface area (Å²) >= 11 is 1.93. The second kappa shape index (κ2) is 6.25. The molecule has 4 heteroatoms. The highest BCUT2D eigenvalue weighted by atomic mass is 32.1. The summed E-state index contributed by atoms with van der Waals surface area (Å²) < 4.78 is 0. The highest BCUT2D eigenvalue weighted by molar-refractivity contribution is 7.15. The summed E-state index contributed by atoms with van der Waals surface area (Å²) in [5, 5.41) is 4.92. The Bertz CT molecular complexity index is 476. The van der Waals surface area contributed by atoms with Gasteiger partial charge in [-0.15, -0.1) is 11.3 Å². The van der Waals surface area contributed by atoms with Gasteiger partial charge >= 0.3 is 0 Å². The summed E-state index contributed by atoms with van der Waals surface area (Å²) in [5.74, 6) is 1.23. The average molecular weight is 308 g/mol. The van der Waals surface area contributed by atoms with Crippen molar-refractivity contribution in [1.82, 2.24) is 10.3 Å². The lowest BCUT2D eigenvalue weighted by Gasteiger charge is -2.27. The minimum atomic E-state index is 0.520. The van der Waals surface area contributed by atoms with Crippen molar-refractivity contribution in [3.8, 4) is 0 Å². The molecule has 3 rings (SSSR count). The molecule has 1 saturated carbocycles. The van der Waals surface area contributed by atoms with Crippen molar-refractivity contribution in [3.05, 3.63) is 10.6 Å². The van der Waals surface area contributed by atoms with Gasteiger partial charge < -0.3 is 10.2 Å². The van der Waals surface area contributed by atoms with Crippen LogP contribution >= 0.6 is 11.3 Å². The lowest BCUT2D eigenvalue weighted by atomic mass is 10.0. The molecule has 1 unspecified atom stereocenters. The van der Waals surface area contributed by atoms with E-state index >= 15 is 0 Å². The number of nitrogens with one attached hydrogen (secondary N) is 1. The molecule has 0 amide bonds. The van der Waals surface area contributed by atoms with Gasteiger partial charge in [0.25, 0.3) is 0 Å².